The van der Waals surface area contributed by atoms with Crippen LogP contribution in [0.3, 0.4) is 0 Å². The van der Waals surface area contributed by atoms with Gasteiger partial charge in [0.15, 0.2) is 17.3 Å². The topological polar surface area (TPSA) is 153 Å². The van der Waals surface area contributed by atoms with E-state index in [1.54, 1.807) is 12.1 Å². The summed E-state index contributed by atoms with van der Waals surface area (Å²) >= 11 is 0. The molecule has 0 fully saturated rings. The highest BCUT2D eigenvalue weighted by Crippen LogP contribution is 2.27. The van der Waals surface area contributed by atoms with Crippen LogP contribution in [0.4, 0.5) is 20.2 Å². The smallest absolute Gasteiger partial charge is 0.255 e. The Balaban J connectivity index is 1.76. The largest absolute Gasteiger partial charge is 0.387 e. The molecule has 10 nitrogen and oxygen atoms in total. The van der Waals surface area contributed by atoms with Gasteiger partial charge in [0.1, 0.15) is 18.3 Å². The summed E-state index contributed by atoms with van der Waals surface area (Å²) < 4.78 is 30.4. The number of nitrogens with one attached hydrogen (secondary N) is 2. The molecule has 0 aliphatic rings. The molecule has 0 radical (unpaired) electrons. The predicted molar refractivity (Wildman–Crippen MR) is 129 cm³/mol. The summed E-state index contributed by atoms with van der Waals surface area (Å²) in [4.78, 5) is 21.4. The number of pyridine rings is 2. The lowest BCUT2D eigenvalue weighted by Gasteiger charge is -2.22. The Morgan fingerprint density at radius 1 is 1.16 bits per heavy atom. The molecule has 4 rings (SSSR count). The molecule has 12 heteroatoms. The lowest BCUT2D eigenvalue weighted by atomic mass is 10.0. The minimum atomic E-state index is -1.75. The standard InChI is InChI=1S/C25H20F2N8O2/c1-25(2,37)20(26)13-32-24(36)17-12-30-21(35-23-16(11-33-35)6-14(8-28)10-31-23)7-19(17)34-18-5-3-4-15(9-29)22(18)27/h3-7,10-12,20,37H,13H2,1-2H3,(H,30,34)(H,32,36). The van der Waals surface area contributed by atoms with E-state index in [2.05, 4.69) is 25.7 Å². The van der Waals surface area contributed by atoms with Gasteiger partial charge >= 0.3 is 0 Å². The average molecular weight is 502 g/mol. The van der Waals surface area contributed by atoms with Crippen LogP contribution in [0.2, 0.25) is 0 Å². The molecule has 1 unspecified atom stereocenters. The molecule has 1 atom stereocenters. The van der Waals surface area contributed by atoms with Crippen LogP contribution in [0.25, 0.3) is 16.9 Å². The van der Waals surface area contributed by atoms with Gasteiger partial charge in [-0.05, 0) is 32.0 Å². The van der Waals surface area contributed by atoms with Crippen LogP contribution in [-0.4, -0.2) is 49.1 Å². The van der Waals surface area contributed by atoms with Gasteiger partial charge in [0, 0.05) is 23.8 Å². The van der Waals surface area contributed by atoms with Crippen LogP contribution in [0, 0.1) is 28.5 Å². The zero-order chi connectivity index (χ0) is 26.7. The Hall–Kier alpha value is -4.94. The zero-order valence-corrected chi connectivity index (χ0v) is 19.7. The molecular formula is C25H20F2N8O2. The number of benzene rings is 1. The first kappa shape index (κ1) is 25.2. The van der Waals surface area contributed by atoms with E-state index in [1.807, 2.05) is 6.07 Å². The lowest BCUT2D eigenvalue weighted by Crippen LogP contribution is -2.42. The number of nitrogens with zero attached hydrogens (tertiary/aromatic N) is 6. The third-order valence-electron chi connectivity index (χ3n) is 5.49. The van der Waals surface area contributed by atoms with Crippen molar-refractivity contribution in [2.24, 2.45) is 0 Å². The average Bonchev–Trinajstić information content (AvgIpc) is 3.30. The minimum Gasteiger partial charge on any atom is -0.387 e. The molecule has 0 aliphatic carbocycles. The Bertz CT molecular complexity index is 1580. The van der Waals surface area contributed by atoms with E-state index < -0.39 is 30.0 Å². The van der Waals surface area contributed by atoms with Crippen molar-refractivity contribution in [3.8, 4) is 18.0 Å². The molecule has 1 amide bonds. The molecule has 0 spiro atoms. The van der Waals surface area contributed by atoms with Crippen LogP contribution in [-0.2, 0) is 0 Å². The van der Waals surface area contributed by atoms with E-state index in [1.165, 1.54) is 61.4 Å². The summed E-state index contributed by atoms with van der Waals surface area (Å²) in [5.41, 5.74) is -1.18. The number of amides is 1. The molecule has 1 aromatic carbocycles. The minimum absolute atomic E-state index is 0.0513. The molecule has 0 saturated carbocycles. The molecular weight excluding hydrogens is 482 g/mol. The number of halogens is 2. The Morgan fingerprint density at radius 3 is 2.65 bits per heavy atom. The van der Waals surface area contributed by atoms with Crippen LogP contribution in [0.5, 0.6) is 0 Å². The van der Waals surface area contributed by atoms with E-state index in [0.717, 1.165) is 0 Å². The predicted octanol–water partition coefficient (Wildman–Crippen LogP) is 3.28. The van der Waals surface area contributed by atoms with Crippen LogP contribution in [0.1, 0.15) is 35.3 Å². The maximum absolute atomic E-state index is 14.8. The number of fused-ring (bicyclic) bond motifs is 1. The van der Waals surface area contributed by atoms with Gasteiger partial charge in [-0.15, -0.1) is 0 Å². The maximum atomic E-state index is 14.8. The van der Waals surface area contributed by atoms with Gasteiger partial charge in [-0.1, -0.05) is 6.07 Å². The summed E-state index contributed by atoms with van der Waals surface area (Å²) in [6, 6.07) is 10.9. The molecule has 3 N–H and O–H groups in total. The van der Waals surface area contributed by atoms with Gasteiger partial charge in [-0.3, -0.25) is 4.79 Å². The normalized spacial score (nSPS) is 12.0. The zero-order valence-electron chi connectivity index (χ0n) is 19.7. The van der Waals surface area contributed by atoms with Crippen molar-refractivity contribution >= 4 is 28.3 Å². The van der Waals surface area contributed by atoms with Gasteiger partial charge in [-0.2, -0.15) is 20.3 Å². The second-order valence-electron chi connectivity index (χ2n) is 8.63. The van der Waals surface area contributed by atoms with E-state index in [-0.39, 0.29) is 28.3 Å². The van der Waals surface area contributed by atoms with Gasteiger partial charge in [0.2, 0.25) is 0 Å². The Morgan fingerprint density at radius 2 is 1.95 bits per heavy atom. The second-order valence-corrected chi connectivity index (χ2v) is 8.63. The molecule has 4 aromatic rings. The molecule has 37 heavy (non-hydrogen) atoms. The fourth-order valence-electron chi connectivity index (χ4n) is 3.38. The molecule has 186 valence electrons. The number of carbonyl (C=O) groups excluding carboxylic acids is 1. The third kappa shape index (κ3) is 5.19. The maximum Gasteiger partial charge on any atom is 0.255 e. The van der Waals surface area contributed by atoms with Gasteiger partial charge in [0.05, 0.1) is 46.4 Å². The van der Waals surface area contributed by atoms with Crippen LogP contribution < -0.4 is 10.6 Å². The summed E-state index contributed by atoms with van der Waals surface area (Å²) in [6.07, 6.45) is 2.32. The molecule has 3 aromatic heterocycles. The van der Waals surface area contributed by atoms with Crippen molar-refractivity contribution in [3.05, 3.63) is 71.4 Å². The fourth-order valence-corrected chi connectivity index (χ4v) is 3.38. The summed E-state index contributed by atoms with van der Waals surface area (Å²) in [5, 5.41) is 38.1. The highest BCUT2D eigenvalue weighted by Gasteiger charge is 2.27. The SMILES string of the molecule is CC(C)(O)C(F)CNC(=O)c1cnc(-n2ncc3cc(C#N)cnc32)cc1Nc1cccc(C#N)c1F. The second kappa shape index (κ2) is 9.97. The number of rotatable bonds is 7. The summed E-state index contributed by atoms with van der Waals surface area (Å²) in [6.45, 7) is 2.08. The first-order valence-electron chi connectivity index (χ1n) is 11.0. The van der Waals surface area contributed by atoms with Crippen LogP contribution >= 0.6 is 0 Å². The Kier molecular flexibility index (Phi) is 6.78. The number of aromatic nitrogens is 4. The number of hydrogen-bond acceptors (Lipinski definition) is 8. The number of anilines is 2. The van der Waals surface area contributed by atoms with Crippen molar-refractivity contribution in [2.45, 2.75) is 25.6 Å². The molecule has 0 saturated heterocycles. The van der Waals surface area contributed by atoms with Gasteiger partial charge in [-0.25, -0.2) is 18.7 Å². The number of alkyl halides is 1. The first-order chi connectivity index (χ1) is 17.6. The lowest BCUT2D eigenvalue weighted by molar-refractivity contribution is -0.00177. The monoisotopic (exact) mass is 502 g/mol. The van der Waals surface area contributed by atoms with Crippen molar-refractivity contribution in [1.29, 1.82) is 10.5 Å². The van der Waals surface area contributed by atoms with Crippen molar-refractivity contribution < 1.29 is 18.7 Å². The quantitative estimate of drug-likeness (QED) is 0.348. The Labute approximate surface area is 209 Å². The van der Waals surface area contributed by atoms with Crippen molar-refractivity contribution in [3.63, 3.8) is 0 Å². The third-order valence-corrected chi connectivity index (χ3v) is 5.49. The van der Waals surface area contributed by atoms with Crippen LogP contribution in [0.15, 0.2) is 48.9 Å². The van der Waals surface area contributed by atoms with E-state index in [0.29, 0.717) is 16.6 Å². The fraction of sp³-hybridized carbons (Fsp3) is 0.200. The molecule has 0 aliphatic heterocycles. The van der Waals surface area contributed by atoms with Gasteiger partial charge in [0.25, 0.3) is 5.91 Å². The van der Waals surface area contributed by atoms with E-state index in [4.69, 9.17) is 10.5 Å². The number of carbonyl (C=O) groups is 1. The summed E-state index contributed by atoms with van der Waals surface area (Å²) in [5.74, 6) is -1.34. The van der Waals surface area contributed by atoms with Crippen molar-refractivity contribution in [1.82, 2.24) is 25.1 Å². The number of aliphatic hydroxyl groups is 1. The van der Waals surface area contributed by atoms with E-state index in [9.17, 15) is 18.7 Å². The highest BCUT2D eigenvalue weighted by molar-refractivity contribution is 6.00. The van der Waals surface area contributed by atoms with Crippen molar-refractivity contribution in [2.75, 3.05) is 11.9 Å². The number of nitriles is 2. The number of hydrogen-bond donors (Lipinski definition) is 3. The van der Waals surface area contributed by atoms with Gasteiger partial charge < -0.3 is 15.7 Å². The molecule has 0 bridgehead atoms. The summed E-state index contributed by atoms with van der Waals surface area (Å²) in [7, 11) is 0. The highest BCUT2D eigenvalue weighted by atomic mass is 19.1. The first-order valence-corrected chi connectivity index (χ1v) is 11.0. The molecule has 3 heterocycles. The van der Waals surface area contributed by atoms with E-state index >= 15 is 0 Å².